The Labute approximate surface area is 109 Å². The molecule has 4 aromatic rings. The summed E-state index contributed by atoms with van der Waals surface area (Å²) in [5.41, 5.74) is 3.60. The molecular formula is C15H9N4. The Morgan fingerprint density at radius 2 is 1.68 bits per heavy atom. The molecule has 0 spiro atoms. The second-order valence-electron chi connectivity index (χ2n) is 4.32. The van der Waals surface area contributed by atoms with E-state index in [1.807, 2.05) is 48.5 Å². The van der Waals surface area contributed by atoms with Crippen LogP contribution in [0.4, 0.5) is 0 Å². The predicted molar refractivity (Wildman–Crippen MR) is 73.5 cm³/mol. The van der Waals surface area contributed by atoms with E-state index in [9.17, 15) is 0 Å². The van der Waals surface area contributed by atoms with Gasteiger partial charge in [-0.1, -0.05) is 36.4 Å². The van der Waals surface area contributed by atoms with E-state index in [2.05, 4.69) is 26.6 Å². The fraction of sp³-hybridized carbons (Fsp3) is 0. The van der Waals surface area contributed by atoms with Crippen LogP contribution in [0.1, 0.15) is 0 Å². The Balaban J connectivity index is 2.10. The molecule has 2 aromatic heterocycles. The van der Waals surface area contributed by atoms with Gasteiger partial charge in [0, 0.05) is 16.3 Å². The summed E-state index contributed by atoms with van der Waals surface area (Å²) in [6.45, 7) is 0. The highest BCUT2D eigenvalue weighted by Crippen LogP contribution is 2.29. The van der Waals surface area contributed by atoms with Gasteiger partial charge in [-0.3, -0.25) is 5.10 Å². The molecule has 4 heteroatoms. The zero-order valence-corrected chi connectivity index (χ0v) is 9.96. The Kier molecular flexibility index (Phi) is 2.08. The molecule has 4 rings (SSSR count). The van der Waals surface area contributed by atoms with Gasteiger partial charge >= 0.3 is 0 Å². The van der Waals surface area contributed by atoms with E-state index in [1.165, 1.54) is 0 Å². The number of hydrogen-bond donors (Lipinski definition) is 1. The van der Waals surface area contributed by atoms with Crippen LogP contribution in [0.5, 0.6) is 0 Å². The lowest BCUT2D eigenvalue weighted by molar-refractivity contribution is 1.06. The van der Waals surface area contributed by atoms with Crippen LogP contribution in [-0.2, 0) is 0 Å². The number of nitrogens with zero attached hydrogens (tertiary/aromatic N) is 3. The molecule has 1 radical (unpaired) electrons. The minimum Gasteiger partial charge on any atom is -0.277 e. The summed E-state index contributed by atoms with van der Waals surface area (Å²) < 4.78 is 0. The number of benzene rings is 2. The van der Waals surface area contributed by atoms with E-state index >= 15 is 0 Å². The Morgan fingerprint density at radius 3 is 2.63 bits per heavy atom. The van der Waals surface area contributed by atoms with E-state index in [4.69, 9.17) is 0 Å². The molecule has 0 aliphatic heterocycles. The Hall–Kier alpha value is -2.75. The van der Waals surface area contributed by atoms with Crippen molar-refractivity contribution in [2.24, 2.45) is 0 Å². The smallest absolute Gasteiger partial charge is 0.124 e. The summed E-state index contributed by atoms with van der Waals surface area (Å²) in [4.78, 5) is 0. The number of fused-ring (bicyclic) bond motifs is 2. The van der Waals surface area contributed by atoms with Gasteiger partial charge in [-0.2, -0.15) is 5.10 Å². The van der Waals surface area contributed by atoms with Crippen molar-refractivity contribution in [3.05, 3.63) is 54.7 Å². The number of H-pyrrole nitrogens is 1. The van der Waals surface area contributed by atoms with Gasteiger partial charge < -0.3 is 0 Å². The fourth-order valence-corrected chi connectivity index (χ4v) is 2.30. The molecule has 89 valence electrons. The molecule has 19 heavy (non-hydrogen) atoms. The van der Waals surface area contributed by atoms with Crippen LogP contribution in [0.25, 0.3) is 33.1 Å². The summed E-state index contributed by atoms with van der Waals surface area (Å²) in [7, 11) is 0. The van der Waals surface area contributed by atoms with Gasteiger partial charge in [0.25, 0.3) is 0 Å². The zero-order chi connectivity index (χ0) is 12.7. The SMILES string of the molecule is [c]1nnc2ccccc2c1-c1n[nH]c2ccccc12. The average molecular weight is 245 g/mol. The predicted octanol–water partition coefficient (Wildman–Crippen LogP) is 2.97. The topological polar surface area (TPSA) is 54.5 Å². The van der Waals surface area contributed by atoms with Gasteiger partial charge in [0.2, 0.25) is 0 Å². The normalized spacial score (nSPS) is 11.2. The second-order valence-corrected chi connectivity index (χ2v) is 4.32. The van der Waals surface area contributed by atoms with Crippen molar-refractivity contribution in [2.45, 2.75) is 0 Å². The molecule has 0 unspecified atom stereocenters. The third-order valence-electron chi connectivity index (χ3n) is 3.20. The Bertz CT molecular complexity index is 874. The first-order valence-electron chi connectivity index (χ1n) is 6.00. The van der Waals surface area contributed by atoms with Crippen LogP contribution in [-0.4, -0.2) is 20.4 Å². The van der Waals surface area contributed by atoms with Crippen LogP contribution < -0.4 is 0 Å². The third-order valence-corrected chi connectivity index (χ3v) is 3.20. The minimum atomic E-state index is 0.850. The number of aromatic nitrogens is 4. The van der Waals surface area contributed by atoms with Gasteiger partial charge in [-0.25, -0.2) is 0 Å². The van der Waals surface area contributed by atoms with Crippen molar-refractivity contribution in [1.82, 2.24) is 20.4 Å². The quantitative estimate of drug-likeness (QED) is 0.561. The van der Waals surface area contributed by atoms with Gasteiger partial charge in [0.05, 0.1) is 11.0 Å². The first kappa shape index (κ1) is 10.2. The molecule has 0 aliphatic rings. The largest absolute Gasteiger partial charge is 0.277 e. The van der Waals surface area contributed by atoms with Gasteiger partial charge in [-0.05, 0) is 12.1 Å². The van der Waals surface area contributed by atoms with Crippen molar-refractivity contribution >= 4 is 21.8 Å². The lowest BCUT2D eigenvalue weighted by Gasteiger charge is -2.01. The van der Waals surface area contributed by atoms with Crippen molar-refractivity contribution < 1.29 is 0 Å². The van der Waals surface area contributed by atoms with Crippen LogP contribution in [0.3, 0.4) is 0 Å². The van der Waals surface area contributed by atoms with Crippen molar-refractivity contribution in [3.8, 4) is 11.3 Å². The lowest BCUT2D eigenvalue weighted by Crippen LogP contribution is -1.89. The van der Waals surface area contributed by atoms with Gasteiger partial charge in [0.1, 0.15) is 11.9 Å². The van der Waals surface area contributed by atoms with E-state index in [1.54, 1.807) is 0 Å². The highest BCUT2D eigenvalue weighted by Gasteiger charge is 2.11. The molecule has 0 saturated heterocycles. The van der Waals surface area contributed by atoms with Crippen molar-refractivity contribution in [1.29, 1.82) is 0 Å². The summed E-state index contributed by atoms with van der Waals surface area (Å²) in [5, 5.41) is 17.5. The highest BCUT2D eigenvalue weighted by molar-refractivity contribution is 6.01. The van der Waals surface area contributed by atoms with Crippen LogP contribution in [0, 0.1) is 6.20 Å². The highest BCUT2D eigenvalue weighted by atomic mass is 15.1. The molecule has 0 amide bonds. The lowest BCUT2D eigenvalue weighted by atomic mass is 10.1. The summed E-state index contributed by atoms with van der Waals surface area (Å²) in [6.07, 6.45) is 2.96. The average Bonchev–Trinajstić information content (AvgIpc) is 2.90. The third kappa shape index (κ3) is 1.50. The number of nitrogens with one attached hydrogen (secondary N) is 1. The second kappa shape index (κ2) is 3.88. The number of para-hydroxylation sites is 1. The van der Waals surface area contributed by atoms with Crippen LogP contribution in [0.2, 0.25) is 0 Å². The molecule has 0 bridgehead atoms. The van der Waals surface area contributed by atoms with Gasteiger partial charge in [-0.15, -0.1) is 10.2 Å². The molecule has 0 fully saturated rings. The Morgan fingerprint density at radius 1 is 0.895 bits per heavy atom. The zero-order valence-electron chi connectivity index (χ0n) is 9.96. The van der Waals surface area contributed by atoms with Crippen LogP contribution >= 0.6 is 0 Å². The van der Waals surface area contributed by atoms with Crippen LogP contribution in [0.15, 0.2) is 48.5 Å². The minimum absolute atomic E-state index is 0.850. The monoisotopic (exact) mass is 245 g/mol. The summed E-state index contributed by atoms with van der Waals surface area (Å²) >= 11 is 0. The maximum atomic E-state index is 4.39. The molecule has 1 N–H and O–H groups in total. The summed E-state index contributed by atoms with van der Waals surface area (Å²) in [5.74, 6) is 0. The van der Waals surface area contributed by atoms with E-state index in [0.717, 1.165) is 33.1 Å². The van der Waals surface area contributed by atoms with E-state index in [0.29, 0.717) is 0 Å². The maximum Gasteiger partial charge on any atom is 0.124 e. The standard InChI is InChI=1S/C15H9N4/c1-3-7-13-10(5-1)12(9-16-17-13)15-11-6-2-4-8-14(11)18-19-15/h1-8H,(H,18,19). The molecular weight excluding hydrogens is 236 g/mol. The van der Waals surface area contributed by atoms with E-state index in [-0.39, 0.29) is 0 Å². The van der Waals surface area contributed by atoms with Crippen molar-refractivity contribution in [2.75, 3.05) is 0 Å². The van der Waals surface area contributed by atoms with Crippen molar-refractivity contribution in [3.63, 3.8) is 0 Å². The molecule has 0 saturated carbocycles. The van der Waals surface area contributed by atoms with E-state index < -0.39 is 0 Å². The number of aromatic amines is 1. The molecule has 4 nitrogen and oxygen atoms in total. The molecule has 0 atom stereocenters. The van der Waals surface area contributed by atoms with Gasteiger partial charge in [0.15, 0.2) is 0 Å². The maximum absolute atomic E-state index is 4.39. The fourth-order valence-electron chi connectivity index (χ4n) is 2.30. The first-order chi connectivity index (χ1) is 9.43. The summed E-state index contributed by atoms with van der Waals surface area (Å²) in [6, 6.07) is 15.9. The number of rotatable bonds is 1. The first-order valence-corrected chi connectivity index (χ1v) is 6.00. The molecule has 0 aliphatic carbocycles. The molecule has 2 heterocycles. The number of hydrogen-bond acceptors (Lipinski definition) is 3. The molecule has 2 aromatic carbocycles.